The van der Waals surface area contributed by atoms with Gasteiger partial charge < -0.3 is 5.11 Å². The number of aliphatic carboxylic acids is 1. The topological polar surface area (TPSA) is 52.6 Å². The number of carboxylic acid groups (broad SMARTS) is 1. The van der Waals surface area contributed by atoms with Crippen molar-refractivity contribution in [1.82, 2.24) is 10.2 Å². The van der Waals surface area contributed by atoms with Crippen LogP contribution in [0.25, 0.3) is 0 Å². The van der Waals surface area contributed by atoms with E-state index in [1.165, 1.54) is 11.8 Å². The van der Waals surface area contributed by atoms with Crippen molar-refractivity contribution in [3.63, 3.8) is 0 Å². The van der Waals surface area contributed by atoms with Crippen LogP contribution in [0.15, 0.2) is 0 Å². The van der Waals surface area contributed by atoms with E-state index in [9.17, 15) is 23.1 Å². The summed E-state index contributed by atoms with van der Waals surface area (Å²) in [6.07, 6.45) is -3.55. The van der Waals surface area contributed by atoms with Crippen molar-refractivity contribution < 1.29 is 23.1 Å². The second kappa shape index (κ2) is 7.83. The standard InChI is InChI=1S/C13H25F3N2O2/c1-5-7-18(9-13(14,15)16)8-6-12(4,11(19)20)17-10(2)3/h10,17H,5-9H2,1-4H3,(H,19,20). The molecule has 0 fully saturated rings. The number of nitrogens with zero attached hydrogens (tertiary/aromatic N) is 1. The van der Waals surface area contributed by atoms with Crippen molar-refractivity contribution in [2.75, 3.05) is 19.6 Å². The Kier molecular flexibility index (Phi) is 7.51. The molecule has 0 rings (SSSR count). The van der Waals surface area contributed by atoms with Crippen LogP contribution in [0.3, 0.4) is 0 Å². The van der Waals surface area contributed by atoms with Crippen molar-refractivity contribution in [2.45, 2.75) is 58.3 Å². The number of alkyl halides is 3. The van der Waals surface area contributed by atoms with Gasteiger partial charge in [0.05, 0.1) is 6.54 Å². The summed E-state index contributed by atoms with van der Waals surface area (Å²) in [5, 5.41) is 12.2. The fourth-order valence-corrected chi connectivity index (χ4v) is 2.10. The molecule has 0 amide bonds. The maximum atomic E-state index is 12.4. The maximum Gasteiger partial charge on any atom is 0.401 e. The Bertz CT molecular complexity index is 308. The fraction of sp³-hybridized carbons (Fsp3) is 0.923. The van der Waals surface area contributed by atoms with E-state index in [2.05, 4.69) is 5.32 Å². The lowest BCUT2D eigenvalue weighted by Gasteiger charge is -2.32. The minimum absolute atomic E-state index is 0.0571. The zero-order chi connectivity index (χ0) is 16.0. The van der Waals surface area contributed by atoms with E-state index >= 15 is 0 Å². The molecule has 1 unspecified atom stereocenters. The quantitative estimate of drug-likeness (QED) is 0.687. The van der Waals surface area contributed by atoms with Gasteiger partial charge in [-0.3, -0.25) is 15.0 Å². The van der Waals surface area contributed by atoms with Crippen LogP contribution in [0.4, 0.5) is 13.2 Å². The molecule has 0 saturated heterocycles. The van der Waals surface area contributed by atoms with E-state index in [4.69, 9.17) is 0 Å². The number of hydrogen-bond donors (Lipinski definition) is 2. The number of hydrogen-bond acceptors (Lipinski definition) is 3. The number of nitrogens with one attached hydrogen (secondary N) is 1. The summed E-state index contributed by atoms with van der Waals surface area (Å²) in [4.78, 5) is 12.6. The predicted octanol–water partition coefficient (Wildman–Crippen LogP) is 2.49. The van der Waals surface area contributed by atoms with Crippen molar-refractivity contribution in [1.29, 1.82) is 0 Å². The van der Waals surface area contributed by atoms with E-state index in [0.717, 1.165) is 0 Å². The molecule has 0 bridgehead atoms. The van der Waals surface area contributed by atoms with Gasteiger partial charge in [0, 0.05) is 12.6 Å². The summed E-state index contributed by atoms with van der Waals surface area (Å²) in [6.45, 7) is 6.31. The highest BCUT2D eigenvalue weighted by Crippen LogP contribution is 2.19. The monoisotopic (exact) mass is 298 g/mol. The summed E-state index contributed by atoms with van der Waals surface area (Å²) in [5.74, 6) is -1.05. The molecule has 0 aromatic heterocycles. The number of halogens is 3. The summed E-state index contributed by atoms with van der Waals surface area (Å²) in [7, 11) is 0. The number of carbonyl (C=O) groups is 1. The highest BCUT2D eigenvalue weighted by molar-refractivity contribution is 5.78. The third-order valence-corrected chi connectivity index (χ3v) is 2.95. The first kappa shape index (κ1) is 19.2. The molecule has 0 aliphatic heterocycles. The molecule has 20 heavy (non-hydrogen) atoms. The lowest BCUT2D eigenvalue weighted by atomic mass is 9.96. The average molecular weight is 298 g/mol. The molecule has 7 heteroatoms. The molecule has 0 saturated carbocycles. The van der Waals surface area contributed by atoms with Crippen molar-refractivity contribution in [3.8, 4) is 0 Å². The first-order valence-corrected chi connectivity index (χ1v) is 6.80. The zero-order valence-corrected chi connectivity index (χ0v) is 12.5. The first-order valence-electron chi connectivity index (χ1n) is 6.80. The van der Waals surface area contributed by atoms with Crippen LogP contribution in [0, 0.1) is 0 Å². The van der Waals surface area contributed by atoms with Crippen molar-refractivity contribution >= 4 is 5.97 Å². The van der Waals surface area contributed by atoms with Crippen LogP contribution in [0.1, 0.15) is 40.5 Å². The Morgan fingerprint density at radius 3 is 2.20 bits per heavy atom. The van der Waals surface area contributed by atoms with Gasteiger partial charge in [-0.25, -0.2) is 0 Å². The van der Waals surface area contributed by atoms with Gasteiger partial charge >= 0.3 is 12.1 Å². The Labute approximate surface area is 118 Å². The molecule has 0 spiro atoms. The SMILES string of the molecule is CCCN(CCC(C)(NC(C)C)C(=O)O)CC(F)(F)F. The first-order chi connectivity index (χ1) is 9.00. The highest BCUT2D eigenvalue weighted by atomic mass is 19.4. The fourth-order valence-electron chi connectivity index (χ4n) is 2.10. The minimum atomic E-state index is -4.26. The Hall–Kier alpha value is -0.820. The zero-order valence-electron chi connectivity index (χ0n) is 12.5. The molecule has 4 nitrogen and oxygen atoms in total. The van der Waals surface area contributed by atoms with Gasteiger partial charge in [-0.05, 0) is 40.2 Å². The van der Waals surface area contributed by atoms with Crippen LogP contribution in [0.2, 0.25) is 0 Å². The lowest BCUT2D eigenvalue weighted by molar-refractivity contribution is -0.149. The van der Waals surface area contributed by atoms with E-state index in [1.807, 2.05) is 0 Å². The predicted molar refractivity (Wildman–Crippen MR) is 71.7 cm³/mol. The van der Waals surface area contributed by atoms with Gasteiger partial charge in [0.15, 0.2) is 0 Å². The van der Waals surface area contributed by atoms with E-state index in [0.29, 0.717) is 13.0 Å². The van der Waals surface area contributed by atoms with E-state index < -0.39 is 24.2 Å². The Balaban J connectivity index is 4.66. The summed E-state index contributed by atoms with van der Waals surface area (Å²) >= 11 is 0. The van der Waals surface area contributed by atoms with Crippen LogP contribution < -0.4 is 5.32 Å². The molecular formula is C13H25F3N2O2. The molecule has 2 N–H and O–H groups in total. The molecule has 0 aliphatic rings. The van der Waals surface area contributed by atoms with Gasteiger partial charge in [-0.1, -0.05) is 6.92 Å². The van der Waals surface area contributed by atoms with Crippen LogP contribution in [0.5, 0.6) is 0 Å². The van der Waals surface area contributed by atoms with Crippen LogP contribution in [-0.2, 0) is 4.79 Å². The van der Waals surface area contributed by atoms with Gasteiger partial charge in [-0.15, -0.1) is 0 Å². The van der Waals surface area contributed by atoms with Gasteiger partial charge in [-0.2, -0.15) is 13.2 Å². The average Bonchev–Trinajstić information content (AvgIpc) is 2.23. The lowest BCUT2D eigenvalue weighted by Crippen LogP contribution is -2.54. The van der Waals surface area contributed by atoms with Crippen molar-refractivity contribution in [3.05, 3.63) is 0 Å². The molecule has 0 radical (unpaired) electrons. The van der Waals surface area contributed by atoms with Gasteiger partial charge in [0.2, 0.25) is 0 Å². The summed E-state index contributed by atoms with van der Waals surface area (Å²) < 4.78 is 37.3. The second-order valence-electron chi connectivity index (χ2n) is 5.58. The maximum absolute atomic E-state index is 12.4. The third kappa shape index (κ3) is 7.69. The summed E-state index contributed by atoms with van der Waals surface area (Å²) in [5.41, 5.74) is -1.22. The highest BCUT2D eigenvalue weighted by Gasteiger charge is 2.35. The number of carboxylic acids is 1. The normalized spacial score (nSPS) is 15.7. The third-order valence-electron chi connectivity index (χ3n) is 2.95. The van der Waals surface area contributed by atoms with E-state index in [-0.39, 0.29) is 19.0 Å². The summed E-state index contributed by atoms with van der Waals surface area (Å²) in [6, 6.07) is -0.0571. The molecular weight excluding hydrogens is 273 g/mol. The molecule has 120 valence electrons. The smallest absolute Gasteiger partial charge is 0.401 e. The second-order valence-corrected chi connectivity index (χ2v) is 5.58. The van der Waals surface area contributed by atoms with Crippen LogP contribution >= 0.6 is 0 Å². The molecule has 0 heterocycles. The van der Waals surface area contributed by atoms with Gasteiger partial charge in [0.25, 0.3) is 0 Å². The molecule has 0 aromatic rings. The van der Waals surface area contributed by atoms with E-state index in [1.54, 1.807) is 20.8 Å². The van der Waals surface area contributed by atoms with Crippen LogP contribution in [-0.4, -0.2) is 53.4 Å². The Morgan fingerprint density at radius 1 is 1.30 bits per heavy atom. The number of rotatable bonds is 9. The molecule has 0 aromatic carbocycles. The minimum Gasteiger partial charge on any atom is -0.480 e. The molecule has 1 atom stereocenters. The largest absolute Gasteiger partial charge is 0.480 e. The Morgan fingerprint density at radius 2 is 1.85 bits per heavy atom. The molecule has 0 aliphatic carbocycles. The van der Waals surface area contributed by atoms with Crippen molar-refractivity contribution in [2.24, 2.45) is 0 Å². The van der Waals surface area contributed by atoms with Gasteiger partial charge in [0.1, 0.15) is 5.54 Å².